The predicted molar refractivity (Wildman–Crippen MR) is 87.8 cm³/mol. The van der Waals surface area contributed by atoms with Gasteiger partial charge in [-0.1, -0.05) is 0 Å². The van der Waals surface area contributed by atoms with E-state index in [0.717, 1.165) is 0 Å². The molecule has 132 valence electrons. The molecule has 1 rings (SSSR count). The van der Waals surface area contributed by atoms with Crippen molar-refractivity contribution in [1.82, 2.24) is 10.6 Å². The third-order valence-corrected chi connectivity index (χ3v) is 3.25. The third kappa shape index (κ3) is 7.10. The van der Waals surface area contributed by atoms with Crippen molar-refractivity contribution in [2.45, 2.75) is 38.3 Å². The van der Waals surface area contributed by atoms with Gasteiger partial charge in [0.2, 0.25) is 11.8 Å². The molecule has 0 aliphatic heterocycles. The van der Waals surface area contributed by atoms with Crippen LogP contribution >= 0.6 is 0 Å². The topological polar surface area (TPSA) is 135 Å². The zero-order valence-electron chi connectivity index (χ0n) is 13.5. The summed E-state index contributed by atoms with van der Waals surface area (Å²) in [5.41, 5.74) is 5.43. The highest BCUT2D eigenvalue weighted by atomic mass is 16.4. The standard InChI is InChI=1S/C16H23N3O5/c1-11(16(22)23)18-15(21)13(6-2-3-9-17)19-14(20)8-7-12-5-4-10-24-12/h4-5,7-8,10-11,13H,2-3,6,9,17H2,1H3,(H,18,21)(H,19,20)(H,22,23)/b8-7-/t11-,13-/m0/s1. The van der Waals surface area contributed by atoms with Crippen LogP contribution in [-0.2, 0) is 14.4 Å². The quantitative estimate of drug-likeness (QED) is 0.363. The van der Waals surface area contributed by atoms with Gasteiger partial charge in [0, 0.05) is 6.08 Å². The molecule has 24 heavy (non-hydrogen) atoms. The zero-order chi connectivity index (χ0) is 17.9. The fourth-order valence-corrected chi connectivity index (χ4v) is 1.90. The highest BCUT2D eigenvalue weighted by molar-refractivity contribution is 5.96. The van der Waals surface area contributed by atoms with E-state index in [0.29, 0.717) is 31.6 Å². The summed E-state index contributed by atoms with van der Waals surface area (Å²) in [4.78, 5) is 34.9. The van der Waals surface area contributed by atoms with Crippen LogP contribution in [-0.4, -0.2) is 41.5 Å². The van der Waals surface area contributed by atoms with Crippen molar-refractivity contribution in [3.8, 4) is 0 Å². The molecular weight excluding hydrogens is 314 g/mol. The van der Waals surface area contributed by atoms with Crippen molar-refractivity contribution in [3.05, 3.63) is 30.2 Å². The molecule has 2 atom stereocenters. The van der Waals surface area contributed by atoms with Gasteiger partial charge >= 0.3 is 5.97 Å². The van der Waals surface area contributed by atoms with E-state index in [1.807, 2.05) is 0 Å². The van der Waals surface area contributed by atoms with E-state index in [-0.39, 0.29) is 0 Å². The molecule has 0 spiro atoms. The number of nitrogens with one attached hydrogen (secondary N) is 2. The first-order valence-corrected chi connectivity index (χ1v) is 7.69. The van der Waals surface area contributed by atoms with Gasteiger partial charge < -0.3 is 25.9 Å². The van der Waals surface area contributed by atoms with E-state index in [4.69, 9.17) is 15.3 Å². The highest BCUT2D eigenvalue weighted by Crippen LogP contribution is 2.04. The Morgan fingerprint density at radius 2 is 2.08 bits per heavy atom. The Morgan fingerprint density at radius 3 is 2.67 bits per heavy atom. The van der Waals surface area contributed by atoms with Gasteiger partial charge in [0.15, 0.2) is 0 Å². The molecule has 0 aliphatic rings. The first-order chi connectivity index (χ1) is 11.4. The van der Waals surface area contributed by atoms with Gasteiger partial charge in [-0.25, -0.2) is 0 Å². The van der Waals surface area contributed by atoms with Gasteiger partial charge in [0.1, 0.15) is 17.8 Å². The molecule has 0 aromatic carbocycles. The largest absolute Gasteiger partial charge is 0.480 e. The van der Waals surface area contributed by atoms with E-state index in [1.54, 1.807) is 12.1 Å². The number of hydrogen-bond donors (Lipinski definition) is 4. The van der Waals surface area contributed by atoms with Gasteiger partial charge in [-0.15, -0.1) is 0 Å². The Morgan fingerprint density at radius 1 is 1.33 bits per heavy atom. The van der Waals surface area contributed by atoms with Crippen molar-refractivity contribution in [3.63, 3.8) is 0 Å². The van der Waals surface area contributed by atoms with E-state index in [2.05, 4.69) is 10.6 Å². The predicted octanol–water partition coefficient (Wildman–Crippen LogP) is 0.496. The van der Waals surface area contributed by atoms with Crippen LogP contribution in [0.5, 0.6) is 0 Å². The normalized spacial score (nSPS) is 13.4. The van der Waals surface area contributed by atoms with Crippen molar-refractivity contribution in [2.75, 3.05) is 6.54 Å². The number of carboxylic acid groups (broad SMARTS) is 1. The average molecular weight is 337 g/mol. The fourth-order valence-electron chi connectivity index (χ4n) is 1.90. The average Bonchev–Trinajstić information content (AvgIpc) is 3.05. The fraction of sp³-hybridized carbons (Fsp3) is 0.438. The number of carbonyl (C=O) groups excluding carboxylic acids is 2. The number of nitrogens with two attached hydrogens (primary N) is 1. The summed E-state index contributed by atoms with van der Waals surface area (Å²) in [7, 11) is 0. The molecular formula is C16H23N3O5. The second kappa shape index (κ2) is 10.2. The molecule has 5 N–H and O–H groups in total. The number of unbranched alkanes of at least 4 members (excludes halogenated alkanes) is 1. The maximum Gasteiger partial charge on any atom is 0.325 e. The molecule has 8 nitrogen and oxygen atoms in total. The van der Waals surface area contributed by atoms with Crippen LogP contribution in [0.3, 0.4) is 0 Å². The van der Waals surface area contributed by atoms with Crippen LogP contribution in [0.25, 0.3) is 6.08 Å². The molecule has 8 heteroatoms. The van der Waals surface area contributed by atoms with E-state index >= 15 is 0 Å². The molecule has 0 radical (unpaired) electrons. The number of furan rings is 1. The maximum atomic E-state index is 12.2. The van der Waals surface area contributed by atoms with E-state index in [9.17, 15) is 14.4 Å². The summed E-state index contributed by atoms with van der Waals surface area (Å²) in [6.07, 6.45) is 5.92. The van der Waals surface area contributed by atoms with E-state index in [1.165, 1.54) is 25.3 Å². The first kappa shape index (κ1) is 19.4. The molecule has 0 unspecified atom stereocenters. The Hall–Kier alpha value is -2.61. The zero-order valence-corrected chi connectivity index (χ0v) is 13.5. The summed E-state index contributed by atoms with van der Waals surface area (Å²) in [6.45, 7) is 1.84. The van der Waals surface area contributed by atoms with Gasteiger partial charge in [-0.2, -0.15) is 0 Å². The SMILES string of the molecule is C[C@H](NC(=O)[C@H](CCCCN)NC(=O)/C=C\c1ccco1)C(=O)O. The molecule has 1 heterocycles. The molecule has 0 fully saturated rings. The van der Waals surface area contributed by atoms with Crippen LogP contribution in [0.4, 0.5) is 0 Å². The summed E-state index contributed by atoms with van der Waals surface area (Å²) in [5, 5.41) is 13.8. The minimum absolute atomic E-state index is 0.371. The molecule has 0 aliphatic carbocycles. The lowest BCUT2D eigenvalue weighted by Gasteiger charge is -2.19. The second-order valence-electron chi connectivity index (χ2n) is 5.26. The van der Waals surface area contributed by atoms with Gasteiger partial charge in [-0.3, -0.25) is 14.4 Å². The molecule has 2 amide bonds. The van der Waals surface area contributed by atoms with Gasteiger partial charge in [-0.05, 0) is 50.9 Å². The summed E-state index contributed by atoms with van der Waals surface area (Å²) in [5.74, 6) is -1.65. The maximum absolute atomic E-state index is 12.2. The van der Waals surface area contributed by atoms with Crippen molar-refractivity contribution >= 4 is 23.9 Å². The van der Waals surface area contributed by atoms with Crippen LogP contribution in [0.1, 0.15) is 31.9 Å². The minimum atomic E-state index is -1.15. The third-order valence-electron chi connectivity index (χ3n) is 3.25. The number of aliphatic carboxylic acids is 1. The van der Waals surface area contributed by atoms with Crippen LogP contribution in [0.15, 0.2) is 28.9 Å². The number of carbonyl (C=O) groups is 3. The Balaban J connectivity index is 2.64. The number of hydrogen-bond acceptors (Lipinski definition) is 5. The molecule has 0 saturated carbocycles. The summed E-state index contributed by atoms with van der Waals surface area (Å²) < 4.78 is 5.07. The monoisotopic (exact) mass is 337 g/mol. The lowest BCUT2D eigenvalue weighted by Crippen LogP contribution is -2.50. The summed E-state index contributed by atoms with van der Waals surface area (Å²) in [6, 6.07) is 1.51. The molecule has 0 bridgehead atoms. The number of carboxylic acids is 1. The lowest BCUT2D eigenvalue weighted by molar-refractivity contribution is -0.141. The van der Waals surface area contributed by atoms with Crippen molar-refractivity contribution < 1.29 is 23.9 Å². The minimum Gasteiger partial charge on any atom is -0.480 e. The smallest absolute Gasteiger partial charge is 0.325 e. The Labute approximate surface area is 140 Å². The lowest BCUT2D eigenvalue weighted by atomic mass is 10.1. The highest BCUT2D eigenvalue weighted by Gasteiger charge is 2.23. The Bertz CT molecular complexity index is 568. The van der Waals surface area contributed by atoms with Crippen LogP contribution < -0.4 is 16.4 Å². The van der Waals surface area contributed by atoms with Crippen LogP contribution in [0.2, 0.25) is 0 Å². The van der Waals surface area contributed by atoms with Crippen molar-refractivity contribution in [2.24, 2.45) is 5.73 Å². The molecule has 1 aromatic rings. The summed E-state index contributed by atoms with van der Waals surface area (Å²) >= 11 is 0. The van der Waals surface area contributed by atoms with Crippen molar-refractivity contribution in [1.29, 1.82) is 0 Å². The molecule has 0 saturated heterocycles. The van der Waals surface area contributed by atoms with Crippen LogP contribution in [0, 0.1) is 0 Å². The first-order valence-electron chi connectivity index (χ1n) is 7.69. The number of rotatable bonds is 10. The van der Waals surface area contributed by atoms with Gasteiger partial charge in [0.25, 0.3) is 0 Å². The second-order valence-corrected chi connectivity index (χ2v) is 5.26. The number of amides is 2. The van der Waals surface area contributed by atoms with Gasteiger partial charge in [0.05, 0.1) is 6.26 Å². The Kier molecular flexibility index (Phi) is 8.28. The molecule has 1 aromatic heterocycles. The van der Waals surface area contributed by atoms with E-state index < -0.39 is 29.9 Å².